The van der Waals surface area contributed by atoms with Gasteiger partial charge < -0.3 is 15.0 Å². The average Bonchev–Trinajstić information content (AvgIpc) is 3.04. The van der Waals surface area contributed by atoms with Crippen LogP contribution in [0.5, 0.6) is 5.75 Å². The van der Waals surface area contributed by atoms with E-state index in [0.717, 1.165) is 5.69 Å². The number of phenols is 1. The summed E-state index contributed by atoms with van der Waals surface area (Å²) in [5.74, 6) is -0.0164. The van der Waals surface area contributed by atoms with Gasteiger partial charge in [0.1, 0.15) is 5.75 Å². The summed E-state index contributed by atoms with van der Waals surface area (Å²) in [6, 6.07) is 17.6. The van der Waals surface area contributed by atoms with Crippen LogP contribution >= 0.6 is 0 Å². The molecule has 0 saturated heterocycles. The quantitative estimate of drug-likeness (QED) is 0.721. The van der Waals surface area contributed by atoms with Crippen LogP contribution < -0.4 is 5.32 Å². The maximum absolute atomic E-state index is 12.2. The molecule has 0 aliphatic rings. The number of carbonyl (C=O) groups is 1. The Balaban J connectivity index is 1.81. The first-order valence-electron chi connectivity index (χ1n) is 6.56. The van der Waals surface area contributed by atoms with Gasteiger partial charge in [0.15, 0.2) is 0 Å². The third-order valence-electron chi connectivity index (χ3n) is 3.14. The summed E-state index contributed by atoms with van der Waals surface area (Å²) < 4.78 is 1.94. The lowest BCUT2D eigenvalue weighted by atomic mass is 10.2. The number of benzene rings is 2. The van der Waals surface area contributed by atoms with Gasteiger partial charge in [0.25, 0.3) is 5.91 Å². The number of amides is 1. The molecule has 1 aromatic heterocycles. The van der Waals surface area contributed by atoms with Crippen molar-refractivity contribution in [3.8, 4) is 11.4 Å². The van der Waals surface area contributed by atoms with Crippen LogP contribution in [0.15, 0.2) is 73.1 Å². The van der Waals surface area contributed by atoms with Crippen molar-refractivity contribution in [2.45, 2.75) is 0 Å². The number of rotatable bonds is 3. The van der Waals surface area contributed by atoms with Crippen LogP contribution in [0.2, 0.25) is 0 Å². The first kappa shape index (κ1) is 13.0. The van der Waals surface area contributed by atoms with E-state index in [0.29, 0.717) is 11.3 Å². The Kier molecular flexibility index (Phi) is 3.43. The van der Waals surface area contributed by atoms with Crippen LogP contribution in [0.25, 0.3) is 5.69 Å². The van der Waals surface area contributed by atoms with Crippen LogP contribution in [-0.2, 0) is 0 Å². The molecule has 0 bridgehead atoms. The number of anilines is 1. The molecule has 0 spiro atoms. The van der Waals surface area contributed by atoms with Crippen molar-refractivity contribution in [3.63, 3.8) is 0 Å². The minimum atomic E-state index is -0.185. The number of aromatic nitrogens is 1. The van der Waals surface area contributed by atoms with Crippen molar-refractivity contribution in [2.24, 2.45) is 0 Å². The Morgan fingerprint density at radius 1 is 0.952 bits per heavy atom. The van der Waals surface area contributed by atoms with Gasteiger partial charge in [0.2, 0.25) is 0 Å². The summed E-state index contributed by atoms with van der Waals surface area (Å²) in [5, 5.41) is 12.0. The van der Waals surface area contributed by atoms with E-state index in [1.54, 1.807) is 18.2 Å². The van der Waals surface area contributed by atoms with Crippen LogP contribution in [0.4, 0.5) is 5.69 Å². The molecule has 3 rings (SSSR count). The first-order chi connectivity index (χ1) is 10.2. The second kappa shape index (κ2) is 5.54. The Hall–Kier alpha value is -3.01. The van der Waals surface area contributed by atoms with E-state index in [4.69, 9.17) is 0 Å². The molecular weight excluding hydrogens is 264 g/mol. The maximum Gasteiger partial charge on any atom is 0.255 e. The zero-order valence-corrected chi connectivity index (χ0v) is 11.2. The van der Waals surface area contributed by atoms with Crippen LogP contribution in [-0.4, -0.2) is 15.6 Å². The number of nitrogens with zero attached hydrogens (tertiary/aromatic N) is 1. The second-order valence-electron chi connectivity index (χ2n) is 4.64. The molecule has 0 unspecified atom stereocenters. The SMILES string of the molecule is O=C(Nc1ccc(O)cc1)c1cccc(-n2cccc2)c1. The van der Waals surface area contributed by atoms with Gasteiger partial charge in [0, 0.05) is 29.3 Å². The van der Waals surface area contributed by atoms with E-state index in [9.17, 15) is 9.90 Å². The fourth-order valence-electron chi connectivity index (χ4n) is 2.06. The maximum atomic E-state index is 12.2. The van der Waals surface area contributed by atoms with Crippen molar-refractivity contribution >= 4 is 11.6 Å². The molecular formula is C17H14N2O2. The van der Waals surface area contributed by atoms with Crippen molar-refractivity contribution < 1.29 is 9.90 Å². The van der Waals surface area contributed by atoms with Crippen molar-refractivity contribution in [2.75, 3.05) is 5.32 Å². The van der Waals surface area contributed by atoms with E-state index >= 15 is 0 Å². The lowest BCUT2D eigenvalue weighted by molar-refractivity contribution is 0.102. The number of hydrogen-bond donors (Lipinski definition) is 2. The largest absolute Gasteiger partial charge is 0.508 e. The molecule has 2 N–H and O–H groups in total. The Labute approximate surface area is 122 Å². The molecule has 0 aliphatic heterocycles. The molecule has 4 nitrogen and oxygen atoms in total. The summed E-state index contributed by atoms with van der Waals surface area (Å²) in [7, 11) is 0. The van der Waals surface area contributed by atoms with E-state index < -0.39 is 0 Å². The molecule has 0 radical (unpaired) electrons. The fourth-order valence-corrected chi connectivity index (χ4v) is 2.06. The van der Waals surface area contributed by atoms with Crippen LogP contribution in [0.3, 0.4) is 0 Å². The van der Waals surface area contributed by atoms with E-state index in [1.165, 1.54) is 12.1 Å². The molecule has 21 heavy (non-hydrogen) atoms. The summed E-state index contributed by atoms with van der Waals surface area (Å²) >= 11 is 0. The van der Waals surface area contributed by atoms with Gasteiger partial charge in [-0.1, -0.05) is 6.07 Å². The monoisotopic (exact) mass is 278 g/mol. The van der Waals surface area contributed by atoms with Gasteiger partial charge in [-0.15, -0.1) is 0 Å². The normalized spacial score (nSPS) is 10.3. The van der Waals surface area contributed by atoms with Crippen LogP contribution in [0, 0.1) is 0 Å². The topological polar surface area (TPSA) is 54.3 Å². The summed E-state index contributed by atoms with van der Waals surface area (Å²) in [6.45, 7) is 0. The summed E-state index contributed by atoms with van der Waals surface area (Å²) in [6.07, 6.45) is 3.86. The molecule has 104 valence electrons. The molecule has 0 atom stereocenters. The van der Waals surface area contributed by atoms with E-state index in [2.05, 4.69) is 5.32 Å². The molecule has 4 heteroatoms. The zero-order valence-electron chi connectivity index (χ0n) is 11.2. The molecule has 2 aromatic carbocycles. The Bertz CT molecular complexity index is 747. The lowest BCUT2D eigenvalue weighted by Gasteiger charge is -2.08. The Morgan fingerprint density at radius 2 is 1.67 bits per heavy atom. The highest BCUT2D eigenvalue weighted by Gasteiger charge is 2.07. The Morgan fingerprint density at radius 3 is 2.38 bits per heavy atom. The fraction of sp³-hybridized carbons (Fsp3) is 0. The summed E-state index contributed by atoms with van der Waals surface area (Å²) in [5.41, 5.74) is 2.15. The van der Waals surface area contributed by atoms with Gasteiger partial charge in [0.05, 0.1) is 0 Å². The standard InChI is InChI=1S/C17H14N2O2/c20-16-8-6-14(7-9-16)18-17(21)13-4-3-5-15(12-13)19-10-1-2-11-19/h1-12,20H,(H,18,21). The molecule has 0 aliphatic carbocycles. The van der Waals surface area contributed by atoms with Crippen molar-refractivity contribution in [1.29, 1.82) is 0 Å². The smallest absolute Gasteiger partial charge is 0.255 e. The molecule has 0 fully saturated rings. The minimum absolute atomic E-state index is 0.169. The van der Waals surface area contributed by atoms with Crippen molar-refractivity contribution in [3.05, 3.63) is 78.6 Å². The molecule has 0 saturated carbocycles. The third kappa shape index (κ3) is 2.95. The predicted octanol–water partition coefficient (Wildman–Crippen LogP) is 3.44. The van der Waals surface area contributed by atoms with Gasteiger partial charge in [-0.3, -0.25) is 4.79 Å². The minimum Gasteiger partial charge on any atom is -0.508 e. The lowest BCUT2D eigenvalue weighted by Crippen LogP contribution is -2.12. The van der Waals surface area contributed by atoms with Gasteiger partial charge in [-0.05, 0) is 54.6 Å². The second-order valence-corrected chi connectivity index (χ2v) is 4.64. The van der Waals surface area contributed by atoms with Crippen LogP contribution in [0.1, 0.15) is 10.4 Å². The predicted molar refractivity (Wildman–Crippen MR) is 81.8 cm³/mol. The van der Waals surface area contributed by atoms with E-state index in [-0.39, 0.29) is 11.7 Å². The molecule has 3 aromatic rings. The zero-order chi connectivity index (χ0) is 14.7. The average molecular weight is 278 g/mol. The highest BCUT2D eigenvalue weighted by atomic mass is 16.3. The van der Waals surface area contributed by atoms with Crippen molar-refractivity contribution in [1.82, 2.24) is 4.57 Å². The number of nitrogens with one attached hydrogen (secondary N) is 1. The third-order valence-corrected chi connectivity index (χ3v) is 3.14. The van der Waals surface area contributed by atoms with Gasteiger partial charge in [-0.25, -0.2) is 0 Å². The van der Waals surface area contributed by atoms with E-state index in [1.807, 2.05) is 47.3 Å². The summed E-state index contributed by atoms with van der Waals surface area (Å²) in [4.78, 5) is 12.2. The molecule has 1 amide bonds. The number of carbonyl (C=O) groups excluding carboxylic acids is 1. The van der Waals surface area contributed by atoms with Gasteiger partial charge in [-0.2, -0.15) is 0 Å². The van der Waals surface area contributed by atoms with Gasteiger partial charge >= 0.3 is 0 Å². The highest BCUT2D eigenvalue weighted by Crippen LogP contribution is 2.16. The number of aromatic hydroxyl groups is 1. The number of phenolic OH excluding ortho intramolecular Hbond substituents is 1. The number of hydrogen-bond acceptors (Lipinski definition) is 2. The highest BCUT2D eigenvalue weighted by molar-refractivity contribution is 6.04. The first-order valence-corrected chi connectivity index (χ1v) is 6.56. The molecule has 1 heterocycles.